The second-order valence-corrected chi connectivity index (χ2v) is 9.96. The molecule has 10 heteroatoms. The van der Waals surface area contributed by atoms with Crippen molar-refractivity contribution < 1.29 is 24.3 Å². The molecular formula is C28H39N5O5. The van der Waals surface area contributed by atoms with E-state index in [4.69, 9.17) is 5.73 Å². The van der Waals surface area contributed by atoms with Crippen LogP contribution in [-0.4, -0.2) is 58.1 Å². The Balaban J connectivity index is 2.28. The van der Waals surface area contributed by atoms with E-state index in [1.807, 2.05) is 50.2 Å². The van der Waals surface area contributed by atoms with Gasteiger partial charge in [-0.15, -0.1) is 0 Å². The van der Waals surface area contributed by atoms with E-state index in [2.05, 4.69) is 16.1 Å². The third-order valence-electron chi connectivity index (χ3n) is 5.94. The average Bonchev–Trinajstić information content (AvgIpc) is 2.85. The van der Waals surface area contributed by atoms with Crippen LogP contribution >= 0.6 is 0 Å². The Bertz CT molecular complexity index is 1060. The molecule has 0 aliphatic heterocycles. The Morgan fingerprint density at radius 2 is 1.29 bits per heavy atom. The Kier molecular flexibility index (Phi) is 11.7. The normalized spacial score (nSPS) is 13.6. The number of nitrogens with one attached hydrogen (secondary N) is 3. The van der Waals surface area contributed by atoms with Gasteiger partial charge >= 0.3 is 12.0 Å². The lowest BCUT2D eigenvalue weighted by molar-refractivity contribution is -0.142. The molecule has 0 fully saturated rings. The van der Waals surface area contributed by atoms with Crippen LogP contribution in [0.4, 0.5) is 4.79 Å². The van der Waals surface area contributed by atoms with E-state index in [1.54, 1.807) is 38.1 Å². The Hall–Kier alpha value is -3.92. The molecular weight excluding hydrogens is 486 g/mol. The summed E-state index contributed by atoms with van der Waals surface area (Å²) in [6, 6.07) is 14.1. The molecule has 2 aromatic carbocycles. The van der Waals surface area contributed by atoms with Gasteiger partial charge in [0.05, 0.1) is 0 Å². The molecule has 0 bridgehead atoms. The van der Waals surface area contributed by atoms with Crippen molar-refractivity contribution in [3.63, 3.8) is 0 Å². The van der Waals surface area contributed by atoms with Crippen molar-refractivity contribution in [3.05, 3.63) is 71.8 Å². The molecule has 6 N–H and O–H groups in total. The summed E-state index contributed by atoms with van der Waals surface area (Å²) >= 11 is 0. The van der Waals surface area contributed by atoms with Gasteiger partial charge in [0.25, 0.3) is 0 Å². The van der Waals surface area contributed by atoms with E-state index < -0.39 is 41.9 Å². The molecule has 4 amide bonds. The number of aliphatic carboxylic acids is 1. The van der Waals surface area contributed by atoms with Gasteiger partial charge in [0.15, 0.2) is 0 Å². The first-order valence-electron chi connectivity index (χ1n) is 12.7. The van der Waals surface area contributed by atoms with Gasteiger partial charge in [0, 0.05) is 12.5 Å². The summed E-state index contributed by atoms with van der Waals surface area (Å²) in [7, 11) is 0. The van der Waals surface area contributed by atoms with Crippen molar-refractivity contribution in [1.29, 1.82) is 0 Å². The van der Waals surface area contributed by atoms with Crippen LogP contribution < -0.4 is 21.8 Å². The molecule has 3 atom stereocenters. The minimum atomic E-state index is -1.17. The van der Waals surface area contributed by atoms with Crippen LogP contribution in [0.1, 0.15) is 45.2 Å². The minimum absolute atomic E-state index is 0.0287. The van der Waals surface area contributed by atoms with Gasteiger partial charge in [0.1, 0.15) is 18.1 Å². The molecule has 2 rings (SSSR count). The van der Waals surface area contributed by atoms with Crippen LogP contribution in [0.15, 0.2) is 60.7 Å². The smallest absolute Gasteiger partial charge is 0.326 e. The fraction of sp³-hybridized carbons (Fsp3) is 0.429. The van der Waals surface area contributed by atoms with Crippen molar-refractivity contribution in [1.82, 2.24) is 21.1 Å². The number of hydrogen-bond acceptors (Lipinski definition) is 5. The highest BCUT2D eigenvalue weighted by molar-refractivity contribution is 5.92. The van der Waals surface area contributed by atoms with Crippen LogP contribution in [0.2, 0.25) is 0 Å². The number of amides is 4. The third-order valence-corrected chi connectivity index (χ3v) is 5.94. The number of rotatable bonds is 14. The van der Waals surface area contributed by atoms with Crippen molar-refractivity contribution in [2.24, 2.45) is 11.7 Å². The first-order valence-corrected chi connectivity index (χ1v) is 12.7. The van der Waals surface area contributed by atoms with Gasteiger partial charge in [-0.05, 0) is 43.7 Å². The van der Waals surface area contributed by atoms with Crippen molar-refractivity contribution in [2.75, 3.05) is 0 Å². The molecule has 38 heavy (non-hydrogen) atoms. The molecule has 0 saturated carbocycles. The standard InChI is InChI=1S/C28H39N5O5/c1-18(2)15-22(25(34)31-23(27(36)37)16-20-11-7-5-8-12-20)30-26(35)24(17-21-13-9-6-10-14-21)33(19(3)4)32-28(29)38/h5-14,18-19,22-24H,15-17H2,1-4H3,(H,30,35)(H,31,34)(H,36,37)(H3,29,32,38)/t22-,23-,24-/m0/s1. The highest BCUT2D eigenvalue weighted by Gasteiger charge is 2.33. The van der Waals surface area contributed by atoms with Crippen LogP contribution in [0.3, 0.4) is 0 Å². The lowest BCUT2D eigenvalue weighted by Crippen LogP contribution is -2.61. The lowest BCUT2D eigenvalue weighted by atomic mass is 9.99. The molecule has 10 nitrogen and oxygen atoms in total. The summed E-state index contributed by atoms with van der Waals surface area (Å²) in [6.45, 7) is 7.42. The number of nitrogens with zero attached hydrogens (tertiary/aromatic N) is 1. The van der Waals surface area contributed by atoms with Gasteiger partial charge in [-0.2, -0.15) is 0 Å². The van der Waals surface area contributed by atoms with Crippen molar-refractivity contribution in [3.8, 4) is 0 Å². The van der Waals surface area contributed by atoms with E-state index in [0.29, 0.717) is 0 Å². The third kappa shape index (κ3) is 9.85. The molecule has 206 valence electrons. The maximum atomic E-state index is 13.6. The summed E-state index contributed by atoms with van der Waals surface area (Å²) in [4.78, 5) is 50.6. The molecule has 0 unspecified atom stereocenters. The van der Waals surface area contributed by atoms with Gasteiger partial charge in [0.2, 0.25) is 11.8 Å². The molecule has 0 heterocycles. The first-order chi connectivity index (χ1) is 18.0. The van der Waals surface area contributed by atoms with Crippen LogP contribution in [-0.2, 0) is 27.2 Å². The molecule has 0 aliphatic rings. The Morgan fingerprint density at radius 1 is 0.789 bits per heavy atom. The zero-order valence-corrected chi connectivity index (χ0v) is 22.4. The second kappa shape index (κ2) is 14.7. The lowest BCUT2D eigenvalue weighted by Gasteiger charge is -2.34. The SMILES string of the molecule is CC(C)C[C@H](NC(=O)[C@H](Cc1ccccc1)N(NC(N)=O)C(C)C)C(=O)N[C@@H](Cc1ccccc1)C(=O)O. The van der Waals surface area contributed by atoms with E-state index in [9.17, 15) is 24.3 Å². The fourth-order valence-electron chi connectivity index (χ4n) is 4.14. The maximum Gasteiger partial charge on any atom is 0.326 e. The number of carboxylic acids is 1. The summed E-state index contributed by atoms with van der Waals surface area (Å²) in [5, 5.41) is 16.6. The zero-order valence-electron chi connectivity index (χ0n) is 22.4. The van der Waals surface area contributed by atoms with Crippen LogP contribution in [0, 0.1) is 5.92 Å². The van der Waals surface area contributed by atoms with Gasteiger partial charge < -0.3 is 21.5 Å². The predicted octanol–water partition coefficient (Wildman–Crippen LogP) is 2.23. The largest absolute Gasteiger partial charge is 0.480 e. The number of carbonyl (C=O) groups excluding carboxylic acids is 3. The number of carbonyl (C=O) groups is 4. The summed E-state index contributed by atoms with van der Waals surface area (Å²) in [6.07, 6.45) is 0.635. The van der Waals surface area contributed by atoms with Crippen LogP contribution in [0.25, 0.3) is 0 Å². The van der Waals surface area contributed by atoms with Gasteiger partial charge in [-0.1, -0.05) is 74.5 Å². The second-order valence-electron chi connectivity index (χ2n) is 9.96. The van der Waals surface area contributed by atoms with E-state index in [1.165, 1.54) is 5.01 Å². The molecule has 0 spiro atoms. The number of urea groups is 1. The van der Waals surface area contributed by atoms with Crippen molar-refractivity contribution >= 4 is 23.8 Å². The van der Waals surface area contributed by atoms with E-state index in [0.717, 1.165) is 11.1 Å². The molecule has 0 radical (unpaired) electrons. The quantitative estimate of drug-likeness (QED) is 0.238. The maximum absolute atomic E-state index is 13.6. The van der Waals surface area contributed by atoms with Gasteiger partial charge in [-0.25, -0.2) is 14.6 Å². The number of benzene rings is 2. The average molecular weight is 526 g/mol. The van der Waals surface area contributed by atoms with Gasteiger partial charge in [-0.3, -0.25) is 15.0 Å². The van der Waals surface area contributed by atoms with E-state index >= 15 is 0 Å². The first kappa shape index (κ1) is 30.3. The Labute approximate surface area is 223 Å². The molecule has 0 aromatic heterocycles. The monoisotopic (exact) mass is 525 g/mol. The molecule has 0 aliphatic carbocycles. The zero-order chi connectivity index (χ0) is 28.2. The number of carboxylic acid groups (broad SMARTS) is 1. The Morgan fingerprint density at radius 3 is 1.74 bits per heavy atom. The van der Waals surface area contributed by atoms with E-state index in [-0.39, 0.29) is 31.2 Å². The summed E-state index contributed by atoms with van der Waals surface area (Å²) in [5.41, 5.74) is 9.52. The topological polar surface area (TPSA) is 154 Å². The predicted molar refractivity (Wildman–Crippen MR) is 145 cm³/mol. The van der Waals surface area contributed by atoms with Crippen molar-refractivity contribution in [2.45, 2.75) is 71.1 Å². The molecule has 2 aromatic rings. The van der Waals surface area contributed by atoms with Crippen LogP contribution in [0.5, 0.6) is 0 Å². The summed E-state index contributed by atoms with van der Waals surface area (Å²) < 4.78 is 0. The minimum Gasteiger partial charge on any atom is -0.480 e. The number of hydrazine groups is 1. The number of primary amides is 1. The highest BCUT2D eigenvalue weighted by atomic mass is 16.4. The number of hydrogen-bond donors (Lipinski definition) is 5. The highest BCUT2D eigenvalue weighted by Crippen LogP contribution is 2.14. The number of nitrogens with two attached hydrogens (primary N) is 1. The summed E-state index contributed by atoms with van der Waals surface area (Å²) in [5.74, 6) is -2.23. The fourth-order valence-corrected chi connectivity index (χ4v) is 4.14. The molecule has 0 saturated heterocycles.